The van der Waals surface area contributed by atoms with Crippen molar-refractivity contribution in [1.82, 2.24) is 15.0 Å². The Hall–Kier alpha value is -2.05. The Bertz CT molecular complexity index is 690. The number of hydrogen-bond donors (Lipinski definition) is 1. The Kier molecular flexibility index (Phi) is 2.66. The largest absolute Gasteiger partial charge is 0.365 e. The maximum absolute atomic E-state index is 12.0. The van der Waals surface area contributed by atoms with Crippen LogP contribution in [-0.2, 0) is 0 Å². The minimum Gasteiger partial charge on any atom is -0.365 e. The summed E-state index contributed by atoms with van der Waals surface area (Å²) in [6.07, 6.45) is -1.34. The predicted molar refractivity (Wildman–Crippen MR) is 67.4 cm³/mol. The third-order valence-electron chi connectivity index (χ3n) is 2.61. The standard InChI is InChI=1S/C12H9N3O2S/c16-11(10-6-3-7-18-10)12(17)15-9-5-2-1-4-8(9)13-14-15/h1-7,12,17H. The van der Waals surface area contributed by atoms with Crippen LogP contribution in [-0.4, -0.2) is 25.9 Å². The molecule has 1 N–H and O–H groups in total. The number of rotatable bonds is 3. The van der Waals surface area contributed by atoms with E-state index in [0.717, 1.165) is 0 Å². The summed E-state index contributed by atoms with van der Waals surface area (Å²) in [5.41, 5.74) is 1.28. The van der Waals surface area contributed by atoms with Crippen LogP contribution in [0.4, 0.5) is 0 Å². The second-order valence-corrected chi connectivity index (χ2v) is 4.69. The van der Waals surface area contributed by atoms with Gasteiger partial charge in [-0.05, 0) is 23.6 Å². The molecule has 90 valence electrons. The van der Waals surface area contributed by atoms with Gasteiger partial charge in [0.05, 0.1) is 10.4 Å². The first-order valence-corrected chi connectivity index (χ1v) is 6.21. The first-order chi connectivity index (χ1) is 8.77. The summed E-state index contributed by atoms with van der Waals surface area (Å²) in [5.74, 6) is -0.374. The molecule has 0 bridgehead atoms. The second-order valence-electron chi connectivity index (χ2n) is 3.74. The highest BCUT2D eigenvalue weighted by Gasteiger charge is 2.22. The van der Waals surface area contributed by atoms with Crippen molar-refractivity contribution in [1.29, 1.82) is 0 Å². The molecule has 0 spiro atoms. The molecule has 3 rings (SSSR count). The number of ketones is 1. The van der Waals surface area contributed by atoms with E-state index < -0.39 is 6.23 Å². The number of carbonyl (C=O) groups is 1. The summed E-state index contributed by atoms with van der Waals surface area (Å²) < 4.78 is 1.23. The van der Waals surface area contributed by atoms with Crippen LogP contribution in [0.15, 0.2) is 41.8 Å². The third kappa shape index (κ3) is 1.71. The van der Waals surface area contributed by atoms with Gasteiger partial charge in [0.1, 0.15) is 5.52 Å². The van der Waals surface area contributed by atoms with Gasteiger partial charge in [-0.25, -0.2) is 4.68 Å². The van der Waals surface area contributed by atoms with E-state index in [1.54, 1.807) is 29.6 Å². The fourth-order valence-corrected chi connectivity index (χ4v) is 2.41. The fraction of sp³-hybridized carbons (Fsp3) is 0.0833. The van der Waals surface area contributed by atoms with Crippen LogP contribution in [0.1, 0.15) is 15.9 Å². The molecule has 1 atom stereocenters. The van der Waals surface area contributed by atoms with Crippen LogP contribution in [0.2, 0.25) is 0 Å². The van der Waals surface area contributed by atoms with Gasteiger partial charge in [-0.15, -0.1) is 16.4 Å². The van der Waals surface area contributed by atoms with Crippen molar-refractivity contribution in [3.05, 3.63) is 46.7 Å². The summed E-state index contributed by atoms with van der Waals surface area (Å²) in [7, 11) is 0. The lowest BCUT2D eigenvalue weighted by Gasteiger charge is -2.08. The summed E-state index contributed by atoms with van der Waals surface area (Å²) in [6, 6.07) is 10.6. The molecule has 0 aliphatic carbocycles. The predicted octanol–water partition coefficient (Wildman–Crippen LogP) is 1.87. The van der Waals surface area contributed by atoms with E-state index in [1.165, 1.54) is 16.0 Å². The van der Waals surface area contributed by atoms with Gasteiger partial charge in [-0.2, -0.15) is 0 Å². The van der Waals surface area contributed by atoms with E-state index in [1.807, 2.05) is 12.1 Å². The number of para-hydroxylation sites is 1. The summed E-state index contributed by atoms with van der Waals surface area (Å²) in [6.45, 7) is 0. The Morgan fingerprint density at radius 1 is 1.28 bits per heavy atom. The quantitative estimate of drug-likeness (QED) is 0.729. The SMILES string of the molecule is O=C(c1cccs1)C(O)n1nnc2ccccc21. The molecule has 0 aliphatic rings. The number of fused-ring (bicyclic) bond motifs is 1. The zero-order valence-electron chi connectivity index (χ0n) is 9.22. The lowest BCUT2D eigenvalue weighted by molar-refractivity contribution is 0.0547. The maximum Gasteiger partial charge on any atom is 0.223 e. The van der Waals surface area contributed by atoms with Crippen molar-refractivity contribution >= 4 is 28.2 Å². The number of aliphatic hydroxyl groups excluding tert-OH is 1. The van der Waals surface area contributed by atoms with Crippen LogP contribution >= 0.6 is 11.3 Å². The van der Waals surface area contributed by atoms with E-state index in [0.29, 0.717) is 15.9 Å². The van der Waals surface area contributed by atoms with Gasteiger partial charge >= 0.3 is 0 Å². The molecule has 0 amide bonds. The van der Waals surface area contributed by atoms with Gasteiger partial charge in [0.15, 0.2) is 0 Å². The van der Waals surface area contributed by atoms with Gasteiger partial charge < -0.3 is 5.11 Å². The Morgan fingerprint density at radius 3 is 2.89 bits per heavy atom. The average Bonchev–Trinajstić information content (AvgIpc) is 3.06. The Morgan fingerprint density at radius 2 is 2.11 bits per heavy atom. The molecule has 18 heavy (non-hydrogen) atoms. The number of hydrogen-bond acceptors (Lipinski definition) is 5. The van der Waals surface area contributed by atoms with E-state index in [9.17, 15) is 9.90 Å². The van der Waals surface area contributed by atoms with Crippen molar-refractivity contribution in [3.8, 4) is 0 Å². The summed E-state index contributed by atoms with van der Waals surface area (Å²) >= 11 is 1.29. The molecule has 0 saturated carbocycles. The second kappa shape index (κ2) is 4.32. The van der Waals surface area contributed by atoms with Crippen LogP contribution in [0.3, 0.4) is 0 Å². The highest BCUT2D eigenvalue weighted by Crippen LogP contribution is 2.19. The zero-order valence-corrected chi connectivity index (χ0v) is 10.0. The number of thiophene rings is 1. The van der Waals surface area contributed by atoms with Gasteiger partial charge in [0.2, 0.25) is 12.0 Å². The van der Waals surface area contributed by atoms with Crippen molar-refractivity contribution in [2.75, 3.05) is 0 Å². The molecule has 1 aromatic carbocycles. The van der Waals surface area contributed by atoms with E-state index >= 15 is 0 Å². The molecule has 2 aromatic heterocycles. The molecule has 0 fully saturated rings. The zero-order chi connectivity index (χ0) is 12.5. The Balaban J connectivity index is 2.02. The molecular weight excluding hydrogens is 250 g/mol. The number of benzene rings is 1. The van der Waals surface area contributed by atoms with E-state index in [2.05, 4.69) is 10.3 Å². The summed E-state index contributed by atoms with van der Waals surface area (Å²) in [5, 5.41) is 19.6. The smallest absolute Gasteiger partial charge is 0.223 e. The molecular formula is C12H9N3O2S. The van der Waals surface area contributed by atoms with Crippen LogP contribution in [0.5, 0.6) is 0 Å². The molecule has 0 radical (unpaired) electrons. The van der Waals surface area contributed by atoms with E-state index in [-0.39, 0.29) is 5.78 Å². The highest BCUT2D eigenvalue weighted by molar-refractivity contribution is 7.12. The highest BCUT2D eigenvalue weighted by atomic mass is 32.1. The molecule has 2 heterocycles. The first-order valence-electron chi connectivity index (χ1n) is 5.33. The van der Waals surface area contributed by atoms with Crippen molar-refractivity contribution in [3.63, 3.8) is 0 Å². The minimum absolute atomic E-state index is 0.374. The fourth-order valence-electron chi connectivity index (χ4n) is 1.72. The minimum atomic E-state index is -1.34. The van der Waals surface area contributed by atoms with E-state index in [4.69, 9.17) is 0 Å². The van der Waals surface area contributed by atoms with Crippen LogP contribution < -0.4 is 0 Å². The van der Waals surface area contributed by atoms with Crippen molar-refractivity contribution in [2.45, 2.75) is 6.23 Å². The molecule has 3 aromatic rings. The molecule has 1 unspecified atom stereocenters. The number of aliphatic hydroxyl groups is 1. The lowest BCUT2D eigenvalue weighted by atomic mass is 10.2. The molecule has 6 heteroatoms. The Labute approximate surface area is 106 Å². The monoisotopic (exact) mass is 259 g/mol. The first kappa shape index (κ1) is 11.1. The van der Waals surface area contributed by atoms with Gasteiger partial charge in [-0.3, -0.25) is 4.79 Å². The normalized spacial score (nSPS) is 12.7. The average molecular weight is 259 g/mol. The lowest BCUT2D eigenvalue weighted by Crippen LogP contribution is -2.19. The van der Waals surface area contributed by atoms with Gasteiger partial charge in [0, 0.05) is 0 Å². The third-order valence-corrected chi connectivity index (χ3v) is 3.49. The topological polar surface area (TPSA) is 68.0 Å². The number of Topliss-reactive ketones (excluding diaryl/α,β-unsaturated/α-hetero) is 1. The van der Waals surface area contributed by atoms with Gasteiger partial charge in [-0.1, -0.05) is 23.4 Å². The van der Waals surface area contributed by atoms with Gasteiger partial charge in [0.25, 0.3) is 0 Å². The van der Waals surface area contributed by atoms with Crippen molar-refractivity contribution < 1.29 is 9.90 Å². The molecule has 0 saturated heterocycles. The number of aromatic nitrogens is 3. The van der Waals surface area contributed by atoms with Crippen molar-refractivity contribution in [2.24, 2.45) is 0 Å². The summed E-state index contributed by atoms with van der Waals surface area (Å²) in [4.78, 5) is 12.5. The van der Waals surface area contributed by atoms with Crippen LogP contribution in [0.25, 0.3) is 11.0 Å². The number of carbonyl (C=O) groups excluding carboxylic acids is 1. The maximum atomic E-state index is 12.0. The van der Waals surface area contributed by atoms with Crippen LogP contribution in [0, 0.1) is 0 Å². The number of nitrogens with zero attached hydrogens (tertiary/aromatic N) is 3. The molecule has 5 nitrogen and oxygen atoms in total. The molecule has 0 aliphatic heterocycles.